The zero-order valence-electron chi connectivity index (χ0n) is 15.4. The molecule has 138 valence electrons. The van der Waals surface area contributed by atoms with E-state index < -0.39 is 0 Å². The number of amides is 1. The number of hydrogen-bond acceptors (Lipinski definition) is 4. The Kier molecular flexibility index (Phi) is 7.09. The Labute approximate surface area is 160 Å². The lowest BCUT2D eigenvalue weighted by Crippen LogP contribution is -2.32. The van der Waals surface area contributed by atoms with E-state index in [1.54, 1.807) is 18.0 Å². The molecule has 0 atom stereocenters. The molecule has 2 aromatic rings. The maximum atomic E-state index is 12.3. The van der Waals surface area contributed by atoms with Crippen molar-refractivity contribution in [3.8, 4) is 0 Å². The molecular weight excluding hydrogens is 342 g/mol. The highest BCUT2D eigenvalue weighted by Gasteiger charge is 2.16. The number of nitrogens with one attached hydrogen (secondary N) is 1. The number of nitrogens with zero attached hydrogens (tertiary/aromatic N) is 2. The van der Waals surface area contributed by atoms with Crippen molar-refractivity contribution in [1.82, 2.24) is 15.2 Å². The number of likely N-dealkylation sites (tertiary alicyclic amines) is 1. The standard InChI is InChI=1S/C21H27N3OS/c1-24-13-9-17(10-14-24)8-12-23-21(25)19-4-6-20(7-5-19)26-16-18-3-2-11-22-15-18/h2-7,11,15,17H,8-10,12-14,16H2,1H3,(H,23,25). The van der Waals surface area contributed by atoms with Crippen LogP contribution in [-0.2, 0) is 5.75 Å². The van der Waals surface area contributed by atoms with Crippen LogP contribution in [-0.4, -0.2) is 42.5 Å². The fourth-order valence-corrected chi connectivity index (χ4v) is 4.03. The Morgan fingerprint density at radius 1 is 1.23 bits per heavy atom. The number of carbonyl (C=O) groups excluding carboxylic acids is 1. The van der Waals surface area contributed by atoms with E-state index >= 15 is 0 Å². The van der Waals surface area contributed by atoms with E-state index in [9.17, 15) is 4.79 Å². The Bertz CT molecular complexity index is 682. The van der Waals surface area contributed by atoms with Gasteiger partial charge in [0.2, 0.25) is 0 Å². The van der Waals surface area contributed by atoms with Gasteiger partial charge in [-0.1, -0.05) is 6.07 Å². The summed E-state index contributed by atoms with van der Waals surface area (Å²) < 4.78 is 0. The predicted octanol–water partition coefficient (Wildman–Crippen LogP) is 3.84. The summed E-state index contributed by atoms with van der Waals surface area (Å²) in [6.07, 6.45) is 7.25. The lowest BCUT2D eigenvalue weighted by Gasteiger charge is -2.28. The first-order valence-corrected chi connectivity index (χ1v) is 10.3. The van der Waals surface area contributed by atoms with Gasteiger partial charge in [0, 0.05) is 35.2 Å². The maximum Gasteiger partial charge on any atom is 0.251 e. The minimum atomic E-state index is 0.0294. The van der Waals surface area contributed by atoms with Crippen LogP contribution in [0.2, 0.25) is 0 Å². The molecule has 1 aromatic carbocycles. The van der Waals surface area contributed by atoms with Crippen molar-refractivity contribution < 1.29 is 4.79 Å². The van der Waals surface area contributed by atoms with Gasteiger partial charge in [0.1, 0.15) is 0 Å². The normalized spacial score (nSPS) is 15.7. The van der Waals surface area contributed by atoms with Gasteiger partial charge < -0.3 is 10.2 Å². The van der Waals surface area contributed by atoms with Gasteiger partial charge in [-0.2, -0.15) is 0 Å². The highest BCUT2D eigenvalue weighted by atomic mass is 32.2. The molecule has 26 heavy (non-hydrogen) atoms. The zero-order chi connectivity index (χ0) is 18.2. The van der Waals surface area contributed by atoms with Gasteiger partial charge in [-0.25, -0.2) is 0 Å². The molecular formula is C21H27N3OS. The summed E-state index contributed by atoms with van der Waals surface area (Å²) in [7, 11) is 2.18. The number of aromatic nitrogens is 1. The second kappa shape index (κ2) is 9.74. The van der Waals surface area contributed by atoms with E-state index in [1.807, 2.05) is 36.5 Å². The van der Waals surface area contributed by atoms with Crippen LogP contribution < -0.4 is 5.32 Å². The van der Waals surface area contributed by atoms with Crippen molar-refractivity contribution in [2.24, 2.45) is 5.92 Å². The molecule has 5 heteroatoms. The van der Waals surface area contributed by atoms with E-state index in [2.05, 4.69) is 28.3 Å². The lowest BCUT2D eigenvalue weighted by atomic mass is 9.94. The molecule has 1 aliphatic rings. The van der Waals surface area contributed by atoms with Crippen LogP contribution in [0.5, 0.6) is 0 Å². The quantitative estimate of drug-likeness (QED) is 0.753. The molecule has 1 fully saturated rings. The summed E-state index contributed by atoms with van der Waals surface area (Å²) in [5, 5.41) is 3.07. The third-order valence-corrected chi connectivity index (χ3v) is 6.00. The number of piperidine rings is 1. The predicted molar refractivity (Wildman–Crippen MR) is 107 cm³/mol. The first kappa shape index (κ1) is 18.9. The van der Waals surface area contributed by atoms with Crippen LogP contribution >= 0.6 is 11.8 Å². The van der Waals surface area contributed by atoms with Gasteiger partial charge in [0.15, 0.2) is 0 Å². The molecule has 0 radical (unpaired) electrons. The lowest BCUT2D eigenvalue weighted by molar-refractivity contribution is 0.0949. The minimum Gasteiger partial charge on any atom is -0.352 e. The number of hydrogen-bond donors (Lipinski definition) is 1. The van der Waals surface area contributed by atoms with Crippen LogP contribution in [0.3, 0.4) is 0 Å². The molecule has 0 bridgehead atoms. The van der Waals surface area contributed by atoms with Crippen LogP contribution in [0.1, 0.15) is 35.2 Å². The molecule has 4 nitrogen and oxygen atoms in total. The second-order valence-electron chi connectivity index (χ2n) is 6.97. The molecule has 0 unspecified atom stereocenters. The molecule has 1 amide bonds. The first-order chi connectivity index (χ1) is 12.7. The Morgan fingerprint density at radius 2 is 2.00 bits per heavy atom. The average Bonchev–Trinajstić information content (AvgIpc) is 2.69. The Morgan fingerprint density at radius 3 is 2.69 bits per heavy atom. The first-order valence-electron chi connectivity index (χ1n) is 9.29. The molecule has 1 N–H and O–H groups in total. The molecule has 2 heterocycles. The van der Waals surface area contributed by atoms with E-state index in [4.69, 9.17) is 0 Å². The van der Waals surface area contributed by atoms with Crippen molar-refractivity contribution in [3.63, 3.8) is 0 Å². The second-order valence-corrected chi connectivity index (χ2v) is 8.01. The van der Waals surface area contributed by atoms with Gasteiger partial charge in [0.25, 0.3) is 5.91 Å². The van der Waals surface area contributed by atoms with Crippen molar-refractivity contribution in [2.45, 2.75) is 29.9 Å². The van der Waals surface area contributed by atoms with Crippen LogP contribution in [0.4, 0.5) is 0 Å². The van der Waals surface area contributed by atoms with Crippen molar-refractivity contribution in [1.29, 1.82) is 0 Å². The topological polar surface area (TPSA) is 45.2 Å². The van der Waals surface area contributed by atoms with E-state index in [1.165, 1.54) is 31.5 Å². The van der Waals surface area contributed by atoms with E-state index in [0.717, 1.165) is 35.1 Å². The summed E-state index contributed by atoms with van der Waals surface area (Å²) in [6.45, 7) is 3.12. The van der Waals surface area contributed by atoms with Crippen LogP contribution in [0.25, 0.3) is 0 Å². The summed E-state index contributed by atoms with van der Waals surface area (Å²) in [5.41, 5.74) is 1.94. The molecule has 0 saturated carbocycles. The number of pyridine rings is 1. The zero-order valence-corrected chi connectivity index (χ0v) is 16.2. The third kappa shape index (κ3) is 5.85. The Balaban J connectivity index is 1.40. The van der Waals surface area contributed by atoms with Crippen molar-refractivity contribution in [2.75, 3.05) is 26.7 Å². The number of benzene rings is 1. The SMILES string of the molecule is CN1CCC(CCNC(=O)c2ccc(SCc3cccnc3)cc2)CC1. The van der Waals surface area contributed by atoms with Gasteiger partial charge >= 0.3 is 0 Å². The maximum absolute atomic E-state index is 12.3. The van der Waals surface area contributed by atoms with Gasteiger partial charge in [-0.05, 0) is 81.2 Å². The molecule has 1 aromatic heterocycles. The Hall–Kier alpha value is -1.85. The average molecular weight is 370 g/mol. The summed E-state index contributed by atoms with van der Waals surface area (Å²) in [6, 6.07) is 11.9. The molecule has 0 aliphatic carbocycles. The summed E-state index contributed by atoms with van der Waals surface area (Å²) in [5.74, 6) is 1.66. The summed E-state index contributed by atoms with van der Waals surface area (Å²) >= 11 is 1.76. The van der Waals surface area contributed by atoms with E-state index in [-0.39, 0.29) is 5.91 Å². The molecule has 0 spiro atoms. The van der Waals surface area contributed by atoms with Crippen LogP contribution in [0.15, 0.2) is 53.7 Å². The van der Waals surface area contributed by atoms with Gasteiger partial charge in [-0.3, -0.25) is 9.78 Å². The molecule has 3 rings (SSSR count). The molecule has 1 saturated heterocycles. The monoisotopic (exact) mass is 369 g/mol. The fraction of sp³-hybridized carbons (Fsp3) is 0.429. The van der Waals surface area contributed by atoms with Crippen LogP contribution in [0, 0.1) is 5.92 Å². The fourth-order valence-electron chi connectivity index (χ4n) is 3.20. The van der Waals surface area contributed by atoms with Gasteiger partial charge in [0.05, 0.1) is 0 Å². The van der Waals surface area contributed by atoms with Gasteiger partial charge in [-0.15, -0.1) is 11.8 Å². The molecule has 1 aliphatic heterocycles. The smallest absolute Gasteiger partial charge is 0.251 e. The number of rotatable bonds is 7. The number of thioether (sulfide) groups is 1. The third-order valence-electron chi connectivity index (χ3n) is 4.92. The van der Waals surface area contributed by atoms with Crippen molar-refractivity contribution >= 4 is 17.7 Å². The summed E-state index contributed by atoms with van der Waals surface area (Å²) in [4.78, 5) is 20.0. The highest BCUT2D eigenvalue weighted by molar-refractivity contribution is 7.98. The largest absolute Gasteiger partial charge is 0.352 e. The van der Waals surface area contributed by atoms with Crippen molar-refractivity contribution in [3.05, 3.63) is 59.9 Å². The van der Waals surface area contributed by atoms with E-state index in [0.29, 0.717) is 0 Å². The number of carbonyl (C=O) groups is 1. The minimum absolute atomic E-state index is 0.0294. The highest BCUT2D eigenvalue weighted by Crippen LogP contribution is 2.23.